The van der Waals surface area contributed by atoms with Gasteiger partial charge >= 0.3 is 0 Å². The van der Waals surface area contributed by atoms with Crippen molar-refractivity contribution >= 4 is 21.6 Å². The number of sulfonamides is 1. The molecular formula is C12H20ClNO4S. The minimum absolute atomic E-state index is 0.0783. The predicted octanol–water partition coefficient (Wildman–Crippen LogP) is 2.37. The lowest BCUT2D eigenvalue weighted by Gasteiger charge is -2.17. The van der Waals surface area contributed by atoms with Gasteiger partial charge in [-0.25, -0.2) is 8.42 Å². The smallest absolute Gasteiger partial charge is 0.246 e. The fourth-order valence-electron chi connectivity index (χ4n) is 1.55. The molecule has 0 N–H and O–H groups in total. The van der Waals surface area contributed by atoms with Crippen molar-refractivity contribution in [3.8, 4) is 0 Å². The number of aryl methyl sites for hydroxylation is 1. The lowest BCUT2D eigenvalue weighted by Crippen LogP contribution is -2.31. The number of furan rings is 1. The second-order valence-corrected chi connectivity index (χ2v) is 6.79. The summed E-state index contributed by atoms with van der Waals surface area (Å²) in [6.07, 6.45) is 0.0783. The molecule has 1 rings (SSSR count). The first-order valence-corrected chi connectivity index (χ1v) is 7.99. The van der Waals surface area contributed by atoms with E-state index in [2.05, 4.69) is 0 Å². The summed E-state index contributed by atoms with van der Waals surface area (Å²) in [5.41, 5.74) is 0. The van der Waals surface area contributed by atoms with Crippen LogP contribution in [0.15, 0.2) is 15.4 Å². The minimum atomic E-state index is -3.56. The van der Waals surface area contributed by atoms with Crippen molar-refractivity contribution in [3.63, 3.8) is 0 Å². The molecule has 0 radical (unpaired) electrons. The summed E-state index contributed by atoms with van der Waals surface area (Å²) in [5.74, 6) is 0.952. The molecule has 1 aromatic heterocycles. The first kappa shape index (κ1) is 16.5. The Morgan fingerprint density at radius 2 is 2.11 bits per heavy atom. The third-order valence-corrected chi connectivity index (χ3v) is 4.83. The molecule has 0 atom stereocenters. The normalized spacial score (nSPS) is 12.6. The Kier molecular flexibility index (Phi) is 5.85. The van der Waals surface area contributed by atoms with Gasteiger partial charge in [0.2, 0.25) is 10.0 Å². The SMILES string of the molecule is Cc1oc(CCl)cc1S(=O)(=O)N(C)CCOC(C)C. The van der Waals surface area contributed by atoms with E-state index in [1.807, 2.05) is 13.8 Å². The van der Waals surface area contributed by atoms with Gasteiger partial charge in [-0.2, -0.15) is 4.31 Å². The van der Waals surface area contributed by atoms with Crippen molar-refractivity contribution in [1.82, 2.24) is 4.31 Å². The maximum Gasteiger partial charge on any atom is 0.246 e. The molecule has 0 unspecified atom stereocenters. The molecule has 7 heteroatoms. The highest BCUT2D eigenvalue weighted by Gasteiger charge is 2.25. The molecule has 5 nitrogen and oxygen atoms in total. The van der Waals surface area contributed by atoms with Gasteiger partial charge < -0.3 is 9.15 Å². The molecule has 0 aliphatic carbocycles. The Balaban J connectivity index is 2.81. The number of halogens is 1. The van der Waals surface area contributed by atoms with E-state index in [-0.39, 0.29) is 16.9 Å². The summed E-state index contributed by atoms with van der Waals surface area (Å²) >= 11 is 5.64. The van der Waals surface area contributed by atoms with E-state index in [0.717, 1.165) is 0 Å². The average Bonchev–Trinajstić information content (AvgIpc) is 2.70. The molecule has 0 aromatic carbocycles. The standard InChI is InChI=1S/C12H20ClNO4S/c1-9(2)17-6-5-14(4)19(15,16)12-7-11(8-13)18-10(12)3/h7,9H,5-6,8H2,1-4H3. The van der Waals surface area contributed by atoms with Gasteiger partial charge in [0.15, 0.2) is 0 Å². The lowest BCUT2D eigenvalue weighted by molar-refractivity contribution is 0.0737. The van der Waals surface area contributed by atoms with Gasteiger partial charge in [0.1, 0.15) is 16.4 Å². The molecule has 110 valence electrons. The van der Waals surface area contributed by atoms with Crippen LogP contribution < -0.4 is 0 Å². The lowest BCUT2D eigenvalue weighted by atomic mass is 10.4. The number of ether oxygens (including phenoxy) is 1. The highest BCUT2D eigenvalue weighted by Crippen LogP contribution is 2.23. The Morgan fingerprint density at radius 1 is 1.47 bits per heavy atom. The quantitative estimate of drug-likeness (QED) is 0.726. The molecule has 0 aliphatic rings. The zero-order chi connectivity index (χ0) is 14.6. The molecule has 0 saturated carbocycles. The van der Waals surface area contributed by atoms with E-state index >= 15 is 0 Å². The van der Waals surface area contributed by atoms with Crippen molar-refractivity contribution < 1.29 is 17.6 Å². The molecule has 0 fully saturated rings. The van der Waals surface area contributed by atoms with E-state index in [1.54, 1.807) is 6.92 Å². The van der Waals surface area contributed by atoms with E-state index < -0.39 is 10.0 Å². The van der Waals surface area contributed by atoms with Crippen LogP contribution in [-0.4, -0.2) is 39.0 Å². The molecule has 1 aromatic rings. The highest BCUT2D eigenvalue weighted by atomic mass is 35.5. The monoisotopic (exact) mass is 309 g/mol. The molecular weight excluding hydrogens is 290 g/mol. The number of hydrogen-bond donors (Lipinski definition) is 0. The summed E-state index contributed by atoms with van der Waals surface area (Å²) in [6.45, 7) is 6.07. The predicted molar refractivity (Wildman–Crippen MR) is 73.9 cm³/mol. The van der Waals surface area contributed by atoms with Crippen LogP contribution in [0.2, 0.25) is 0 Å². The number of nitrogens with zero attached hydrogens (tertiary/aromatic N) is 1. The third kappa shape index (κ3) is 4.21. The van der Waals surface area contributed by atoms with Crippen LogP contribution in [0.1, 0.15) is 25.4 Å². The van der Waals surface area contributed by atoms with Gasteiger partial charge in [-0.3, -0.25) is 0 Å². The van der Waals surface area contributed by atoms with Crippen LogP contribution in [0.3, 0.4) is 0 Å². The van der Waals surface area contributed by atoms with E-state index in [1.165, 1.54) is 17.4 Å². The first-order chi connectivity index (χ1) is 8.78. The molecule has 0 aliphatic heterocycles. The van der Waals surface area contributed by atoms with Gasteiger partial charge in [0.05, 0.1) is 18.6 Å². The van der Waals surface area contributed by atoms with E-state index in [4.69, 9.17) is 20.8 Å². The van der Waals surface area contributed by atoms with Crippen molar-refractivity contribution in [1.29, 1.82) is 0 Å². The number of rotatable bonds is 7. The molecule has 0 bridgehead atoms. The van der Waals surface area contributed by atoms with Gasteiger partial charge in [-0.05, 0) is 20.8 Å². The topological polar surface area (TPSA) is 59.8 Å². The van der Waals surface area contributed by atoms with Gasteiger partial charge in [0.25, 0.3) is 0 Å². The van der Waals surface area contributed by atoms with E-state index in [9.17, 15) is 8.42 Å². The number of likely N-dealkylation sites (N-methyl/N-ethyl adjacent to an activating group) is 1. The Labute approximate surface area is 119 Å². The van der Waals surface area contributed by atoms with Crippen LogP contribution in [-0.2, 0) is 20.6 Å². The van der Waals surface area contributed by atoms with Crippen molar-refractivity contribution in [2.45, 2.75) is 37.7 Å². The largest absolute Gasteiger partial charge is 0.464 e. The van der Waals surface area contributed by atoms with Crippen molar-refractivity contribution in [3.05, 3.63) is 17.6 Å². The Hall–Kier alpha value is -0.560. The van der Waals surface area contributed by atoms with E-state index in [0.29, 0.717) is 24.7 Å². The average molecular weight is 310 g/mol. The fraction of sp³-hybridized carbons (Fsp3) is 0.667. The van der Waals surface area contributed by atoms with Crippen LogP contribution in [0.25, 0.3) is 0 Å². The second-order valence-electron chi connectivity index (χ2n) is 4.51. The van der Waals surface area contributed by atoms with Crippen LogP contribution in [0.5, 0.6) is 0 Å². The maximum atomic E-state index is 12.3. The summed E-state index contributed by atoms with van der Waals surface area (Å²) in [4.78, 5) is 0.162. The van der Waals surface area contributed by atoms with Gasteiger partial charge in [-0.1, -0.05) is 0 Å². The van der Waals surface area contributed by atoms with Gasteiger partial charge in [-0.15, -0.1) is 11.6 Å². The maximum absolute atomic E-state index is 12.3. The van der Waals surface area contributed by atoms with Crippen LogP contribution in [0, 0.1) is 6.92 Å². The molecule has 19 heavy (non-hydrogen) atoms. The van der Waals surface area contributed by atoms with Crippen molar-refractivity contribution in [2.75, 3.05) is 20.2 Å². The summed E-state index contributed by atoms with van der Waals surface area (Å²) in [6, 6.07) is 1.47. The second kappa shape index (κ2) is 6.74. The summed E-state index contributed by atoms with van der Waals surface area (Å²) in [5, 5.41) is 0. The third-order valence-electron chi connectivity index (χ3n) is 2.60. The van der Waals surface area contributed by atoms with Crippen LogP contribution >= 0.6 is 11.6 Å². The highest BCUT2D eigenvalue weighted by molar-refractivity contribution is 7.89. The summed E-state index contributed by atoms with van der Waals surface area (Å²) < 4.78 is 36.5. The molecule has 1 heterocycles. The fourth-order valence-corrected chi connectivity index (χ4v) is 3.02. The Morgan fingerprint density at radius 3 is 2.58 bits per heavy atom. The zero-order valence-corrected chi connectivity index (χ0v) is 13.2. The van der Waals surface area contributed by atoms with Crippen LogP contribution in [0.4, 0.5) is 0 Å². The molecule has 0 spiro atoms. The molecule has 0 saturated heterocycles. The van der Waals surface area contributed by atoms with Gasteiger partial charge in [0, 0.05) is 19.7 Å². The summed E-state index contributed by atoms with van der Waals surface area (Å²) in [7, 11) is -2.04. The number of alkyl halides is 1. The molecule has 0 amide bonds. The number of hydrogen-bond acceptors (Lipinski definition) is 4. The Bertz CT molecular complexity index is 510. The minimum Gasteiger partial charge on any atom is -0.464 e. The van der Waals surface area contributed by atoms with Crippen molar-refractivity contribution in [2.24, 2.45) is 0 Å². The zero-order valence-electron chi connectivity index (χ0n) is 11.6. The first-order valence-electron chi connectivity index (χ1n) is 6.02.